The van der Waals surface area contributed by atoms with Gasteiger partial charge in [0.2, 0.25) is 0 Å². The molecule has 38 heavy (non-hydrogen) atoms. The quantitative estimate of drug-likeness (QED) is 0.365. The number of aromatic nitrogens is 7. The van der Waals surface area contributed by atoms with Crippen molar-refractivity contribution in [3.05, 3.63) is 29.7 Å². The van der Waals surface area contributed by atoms with Gasteiger partial charge in [0.15, 0.2) is 0 Å². The van der Waals surface area contributed by atoms with Crippen LogP contribution in [0.3, 0.4) is 0 Å². The van der Waals surface area contributed by atoms with Crippen molar-refractivity contribution in [3.8, 4) is 17.3 Å². The molecule has 0 radical (unpaired) electrons. The van der Waals surface area contributed by atoms with Crippen molar-refractivity contribution < 1.29 is 23.0 Å². The normalized spacial score (nSPS) is 19.0. The number of esters is 1. The van der Waals surface area contributed by atoms with E-state index >= 15 is 0 Å². The first-order valence-corrected chi connectivity index (χ1v) is 12.9. The van der Waals surface area contributed by atoms with Gasteiger partial charge in [0, 0.05) is 26.6 Å². The second-order valence-corrected chi connectivity index (χ2v) is 10.1. The van der Waals surface area contributed by atoms with E-state index in [2.05, 4.69) is 20.6 Å². The molecule has 13 heteroatoms. The van der Waals surface area contributed by atoms with E-state index in [1.807, 2.05) is 6.92 Å². The number of rotatable bonds is 10. The van der Waals surface area contributed by atoms with Gasteiger partial charge in [-0.2, -0.15) is 0 Å². The van der Waals surface area contributed by atoms with Crippen LogP contribution >= 0.6 is 0 Å². The summed E-state index contributed by atoms with van der Waals surface area (Å²) in [7, 11) is 3.04. The van der Waals surface area contributed by atoms with Crippen LogP contribution in [0.5, 0.6) is 5.88 Å². The number of piperidine rings is 1. The molecule has 2 aliphatic rings. The molecule has 0 N–H and O–H groups in total. The molecule has 1 aliphatic heterocycles. The minimum atomic E-state index is -2.92. The van der Waals surface area contributed by atoms with Gasteiger partial charge in [0.1, 0.15) is 18.0 Å². The van der Waals surface area contributed by atoms with Crippen molar-refractivity contribution in [2.45, 2.75) is 58.1 Å². The molecular formula is C25H32F2N8O3. The van der Waals surface area contributed by atoms with E-state index in [9.17, 15) is 13.6 Å². The van der Waals surface area contributed by atoms with Crippen LogP contribution in [-0.4, -0.2) is 67.1 Å². The summed E-state index contributed by atoms with van der Waals surface area (Å²) >= 11 is 0. The fourth-order valence-electron chi connectivity index (χ4n) is 4.90. The first kappa shape index (κ1) is 26.0. The number of aryl methyl sites for hydroxylation is 2. The number of hydrogen-bond donors (Lipinski definition) is 0. The molecule has 4 heterocycles. The minimum absolute atomic E-state index is 0.0487. The number of carbonyl (C=O) groups excluding carboxylic acids is 1. The molecule has 1 atom stereocenters. The summed E-state index contributed by atoms with van der Waals surface area (Å²) in [5.74, 6) is -2.82. The highest BCUT2D eigenvalue weighted by Crippen LogP contribution is 2.36. The molecule has 204 valence electrons. The Kier molecular flexibility index (Phi) is 7.26. The summed E-state index contributed by atoms with van der Waals surface area (Å²) in [5, 5.41) is 16.6. The number of anilines is 1. The zero-order valence-corrected chi connectivity index (χ0v) is 21.8. The van der Waals surface area contributed by atoms with Crippen LogP contribution in [-0.2, 0) is 36.2 Å². The third-order valence-corrected chi connectivity index (χ3v) is 7.00. The number of nitrogens with zero attached hydrogens (tertiary/aromatic N) is 8. The molecule has 1 aliphatic carbocycles. The summed E-state index contributed by atoms with van der Waals surface area (Å²) in [4.78, 5) is 18.2. The summed E-state index contributed by atoms with van der Waals surface area (Å²) < 4.78 is 43.2. The third-order valence-electron chi connectivity index (χ3n) is 7.00. The Hall–Kier alpha value is -3.64. The Bertz CT molecular complexity index is 1290. The topological polar surface area (TPSA) is 113 Å². The Balaban J connectivity index is 1.34. The number of ether oxygens (including phenoxy) is 2. The lowest BCUT2D eigenvalue weighted by Crippen LogP contribution is -2.48. The van der Waals surface area contributed by atoms with Crippen LogP contribution in [0.15, 0.2) is 18.3 Å². The average Bonchev–Trinajstić information content (AvgIpc) is 3.46. The van der Waals surface area contributed by atoms with Crippen LogP contribution in [0.25, 0.3) is 11.4 Å². The fraction of sp³-hybridized carbons (Fsp3) is 0.600. The Morgan fingerprint density at radius 2 is 2.00 bits per heavy atom. The molecule has 0 unspecified atom stereocenters. The summed E-state index contributed by atoms with van der Waals surface area (Å²) in [6.07, 6.45) is 4.37. The number of pyridine rings is 1. The van der Waals surface area contributed by atoms with E-state index in [1.54, 1.807) is 39.6 Å². The van der Waals surface area contributed by atoms with Crippen molar-refractivity contribution in [1.29, 1.82) is 0 Å². The molecule has 11 nitrogen and oxygen atoms in total. The molecule has 0 aromatic carbocycles. The Morgan fingerprint density at radius 1 is 1.18 bits per heavy atom. The maximum atomic E-state index is 14.6. The predicted molar refractivity (Wildman–Crippen MR) is 133 cm³/mol. The summed E-state index contributed by atoms with van der Waals surface area (Å²) in [6.45, 7) is 2.83. The summed E-state index contributed by atoms with van der Waals surface area (Å²) in [6, 6.07) is 3.55. The van der Waals surface area contributed by atoms with E-state index in [4.69, 9.17) is 14.5 Å². The highest BCUT2D eigenvalue weighted by Gasteiger charge is 2.41. The van der Waals surface area contributed by atoms with Gasteiger partial charge < -0.3 is 14.4 Å². The number of halogens is 2. The number of methoxy groups -OCH3 is 1. The van der Waals surface area contributed by atoms with Crippen LogP contribution in [0.2, 0.25) is 0 Å². The van der Waals surface area contributed by atoms with Gasteiger partial charge in [-0.15, -0.1) is 5.10 Å². The summed E-state index contributed by atoms with van der Waals surface area (Å²) in [5.41, 5.74) is 3.11. The van der Waals surface area contributed by atoms with E-state index in [1.165, 1.54) is 20.0 Å². The van der Waals surface area contributed by atoms with E-state index in [0.29, 0.717) is 53.2 Å². The molecular weight excluding hydrogens is 498 g/mol. The van der Waals surface area contributed by atoms with E-state index in [0.717, 1.165) is 6.54 Å². The van der Waals surface area contributed by atoms with E-state index in [-0.39, 0.29) is 19.4 Å². The highest BCUT2D eigenvalue weighted by molar-refractivity contribution is 5.70. The van der Waals surface area contributed by atoms with Gasteiger partial charge in [-0.3, -0.25) is 4.79 Å². The van der Waals surface area contributed by atoms with Gasteiger partial charge in [0.05, 0.1) is 43.3 Å². The first-order valence-electron chi connectivity index (χ1n) is 12.9. The second kappa shape index (κ2) is 10.6. The zero-order valence-electron chi connectivity index (χ0n) is 21.8. The van der Waals surface area contributed by atoms with Crippen LogP contribution in [0, 0.1) is 11.8 Å². The average molecular weight is 531 g/mol. The molecule has 1 saturated heterocycles. The van der Waals surface area contributed by atoms with Gasteiger partial charge in [0.25, 0.3) is 11.8 Å². The van der Waals surface area contributed by atoms with Gasteiger partial charge in [-0.1, -0.05) is 22.4 Å². The Morgan fingerprint density at radius 3 is 2.74 bits per heavy atom. The standard InChI is InChI=1S/C25H32F2N8O3/c1-4-18-20(34-11-17(9-23(36)37-3)10-25(26,27)15-34)8-7-19(28-18)24-21(33(2)31-30-24)14-38-22-13-35(32-29-22)12-16-5-6-16/h7-8,13,16-17H,4-6,9-12,14-15H2,1-3H3/t17-/m0/s1. The van der Waals surface area contributed by atoms with Crippen molar-refractivity contribution in [3.63, 3.8) is 0 Å². The molecule has 2 fully saturated rings. The lowest BCUT2D eigenvalue weighted by Gasteiger charge is -2.39. The maximum Gasteiger partial charge on any atom is 0.305 e. The lowest BCUT2D eigenvalue weighted by atomic mass is 9.91. The molecule has 3 aromatic rings. The molecule has 0 spiro atoms. The van der Waals surface area contributed by atoms with Crippen LogP contribution in [0.1, 0.15) is 44.0 Å². The fourth-order valence-corrected chi connectivity index (χ4v) is 4.90. The Labute approximate surface area is 219 Å². The number of alkyl halides is 2. The van der Waals surface area contributed by atoms with Gasteiger partial charge in [-0.05, 0) is 43.2 Å². The molecule has 1 saturated carbocycles. The van der Waals surface area contributed by atoms with Gasteiger partial charge >= 0.3 is 5.97 Å². The third kappa shape index (κ3) is 5.91. The maximum absolute atomic E-state index is 14.6. The van der Waals surface area contributed by atoms with Crippen molar-refractivity contribution in [1.82, 2.24) is 35.0 Å². The second-order valence-electron chi connectivity index (χ2n) is 10.1. The van der Waals surface area contributed by atoms with E-state index < -0.39 is 24.4 Å². The smallest absolute Gasteiger partial charge is 0.305 e. The monoisotopic (exact) mass is 530 g/mol. The highest BCUT2D eigenvalue weighted by atomic mass is 19.3. The van der Waals surface area contributed by atoms with Crippen LogP contribution < -0.4 is 9.64 Å². The van der Waals surface area contributed by atoms with Crippen molar-refractivity contribution in [2.24, 2.45) is 18.9 Å². The number of hydrogen-bond acceptors (Lipinski definition) is 9. The molecule has 3 aromatic heterocycles. The number of carbonyl (C=O) groups is 1. The molecule has 0 amide bonds. The molecule has 0 bridgehead atoms. The minimum Gasteiger partial charge on any atom is -0.469 e. The molecule has 5 rings (SSSR count). The van der Waals surface area contributed by atoms with Crippen molar-refractivity contribution >= 4 is 11.7 Å². The SMILES string of the molecule is CCc1nc(-c2nnn(C)c2COc2cn(CC3CC3)nn2)ccc1N1C[C@@H](CC(=O)OC)CC(F)(F)C1. The van der Waals surface area contributed by atoms with Crippen LogP contribution in [0.4, 0.5) is 14.5 Å². The largest absolute Gasteiger partial charge is 0.469 e. The first-order chi connectivity index (χ1) is 18.2. The lowest BCUT2D eigenvalue weighted by molar-refractivity contribution is -0.142. The predicted octanol–water partition coefficient (Wildman–Crippen LogP) is 3.04. The zero-order chi connectivity index (χ0) is 26.9. The van der Waals surface area contributed by atoms with Gasteiger partial charge in [-0.25, -0.2) is 23.1 Å². The van der Waals surface area contributed by atoms with Crippen molar-refractivity contribution in [2.75, 3.05) is 25.1 Å².